The quantitative estimate of drug-likeness (QED) is 0.383. The summed E-state index contributed by atoms with van der Waals surface area (Å²) in [5.74, 6) is 0.446. The number of rotatable bonds is 5. The second-order valence-electron chi connectivity index (χ2n) is 7.72. The number of carbonyl (C=O) groups excluding carboxylic acids is 1. The van der Waals surface area contributed by atoms with E-state index in [1.807, 2.05) is 12.1 Å². The predicted octanol–water partition coefficient (Wildman–Crippen LogP) is 5.24. The van der Waals surface area contributed by atoms with Gasteiger partial charge in [-0.15, -0.1) is 0 Å². The topological polar surface area (TPSA) is 118 Å². The molecule has 2 aromatic carbocycles. The smallest absolute Gasteiger partial charge is 0.414 e. The van der Waals surface area contributed by atoms with Gasteiger partial charge < -0.3 is 19.9 Å². The van der Waals surface area contributed by atoms with Crippen molar-refractivity contribution in [3.8, 4) is 11.5 Å². The Bertz CT molecular complexity index is 1430. The maximum atomic E-state index is 14.8. The lowest BCUT2D eigenvalue weighted by molar-refractivity contribution is 0.159. The van der Waals surface area contributed by atoms with Gasteiger partial charge in [0.2, 0.25) is 5.95 Å². The van der Waals surface area contributed by atoms with E-state index in [4.69, 9.17) is 20.9 Å². The first-order valence-electron chi connectivity index (χ1n) is 10.6. The highest BCUT2D eigenvalue weighted by Gasteiger charge is 2.21. The van der Waals surface area contributed by atoms with E-state index in [1.165, 1.54) is 23.2 Å². The predicted molar refractivity (Wildman–Crippen MR) is 128 cm³/mol. The van der Waals surface area contributed by atoms with Crippen molar-refractivity contribution in [2.75, 3.05) is 29.2 Å². The Morgan fingerprint density at radius 1 is 1.17 bits per heavy atom. The average Bonchev–Trinajstić information content (AvgIpc) is 3.22. The second kappa shape index (κ2) is 9.18. The number of cyclic esters (lactones) is 1. The first kappa shape index (κ1) is 22.5. The molecule has 35 heavy (non-hydrogen) atoms. The molecule has 0 radical (unpaired) electrons. The third-order valence-electron chi connectivity index (χ3n) is 5.33. The van der Waals surface area contributed by atoms with Crippen molar-refractivity contribution >= 4 is 46.5 Å². The van der Waals surface area contributed by atoms with Crippen molar-refractivity contribution in [2.45, 2.75) is 13.3 Å². The van der Waals surface area contributed by atoms with Crippen LogP contribution in [-0.4, -0.2) is 39.9 Å². The minimum absolute atomic E-state index is 0.0837. The molecule has 5 rings (SSSR count). The maximum absolute atomic E-state index is 14.8. The Morgan fingerprint density at radius 2 is 2.03 bits per heavy atom. The van der Waals surface area contributed by atoms with Crippen LogP contribution in [0.3, 0.4) is 0 Å². The van der Waals surface area contributed by atoms with Crippen LogP contribution in [0.4, 0.5) is 38.0 Å². The fraction of sp³-hybridized carbons (Fsp3) is 0.174. The number of para-hydroxylation sites is 1. The molecule has 178 valence electrons. The number of benzene rings is 2. The van der Waals surface area contributed by atoms with E-state index in [0.717, 1.165) is 11.3 Å². The first-order valence-corrected chi connectivity index (χ1v) is 11.0. The van der Waals surface area contributed by atoms with Crippen molar-refractivity contribution in [3.05, 3.63) is 64.8 Å². The number of carbonyl (C=O) groups is 1. The number of fused-ring (bicyclic) bond motifs is 1. The number of hydrogen-bond donors (Lipinski definition) is 2. The fourth-order valence-electron chi connectivity index (χ4n) is 3.63. The molecule has 0 fully saturated rings. The third kappa shape index (κ3) is 4.58. The van der Waals surface area contributed by atoms with E-state index in [9.17, 15) is 9.18 Å². The number of nitrogens with one attached hydrogen (secondary N) is 2. The zero-order chi connectivity index (χ0) is 24.5. The molecule has 0 saturated heterocycles. The maximum Gasteiger partial charge on any atom is 0.414 e. The highest BCUT2D eigenvalue weighted by molar-refractivity contribution is 6.33. The highest BCUT2D eigenvalue weighted by atomic mass is 35.5. The van der Waals surface area contributed by atoms with E-state index in [-0.39, 0.29) is 35.0 Å². The molecule has 2 N–H and O–H groups in total. The normalized spacial score (nSPS) is 13.1. The SMILES string of the molecule is Cc1noc(-c2cccc(F)c2Nc2nc(Nc3ccc4c(c3)CCOC(=O)N4C)ncc2Cl)n1. The van der Waals surface area contributed by atoms with Gasteiger partial charge in [-0.25, -0.2) is 14.2 Å². The van der Waals surface area contributed by atoms with Crippen molar-refractivity contribution in [1.29, 1.82) is 0 Å². The molecule has 10 nitrogen and oxygen atoms in total. The Balaban J connectivity index is 1.43. The summed E-state index contributed by atoms with van der Waals surface area (Å²) in [5.41, 5.74) is 2.84. The van der Waals surface area contributed by atoms with Gasteiger partial charge in [-0.05, 0) is 42.8 Å². The van der Waals surface area contributed by atoms with Crippen LogP contribution in [-0.2, 0) is 11.2 Å². The van der Waals surface area contributed by atoms with Crippen LogP contribution in [0.25, 0.3) is 11.5 Å². The molecule has 0 unspecified atom stereocenters. The number of nitrogens with zero attached hydrogens (tertiary/aromatic N) is 5. The van der Waals surface area contributed by atoms with Crippen LogP contribution in [0.5, 0.6) is 0 Å². The fourth-order valence-corrected chi connectivity index (χ4v) is 3.77. The molecular formula is C23H19ClFN7O3. The summed E-state index contributed by atoms with van der Waals surface area (Å²) in [6.07, 6.45) is 1.57. The van der Waals surface area contributed by atoms with Crippen molar-refractivity contribution in [1.82, 2.24) is 20.1 Å². The van der Waals surface area contributed by atoms with Crippen LogP contribution in [0.15, 0.2) is 47.1 Å². The lowest BCUT2D eigenvalue weighted by Crippen LogP contribution is -2.25. The Morgan fingerprint density at radius 3 is 2.83 bits per heavy atom. The molecule has 0 atom stereocenters. The summed E-state index contributed by atoms with van der Waals surface area (Å²) < 4.78 is 25.1. The van der Waals surface area contributed by atoms with Crippen LogP contribution in [0.2, 0.25) is 5.02 Å². The van der Waals surface area contributed by atoms with Crippen molar-refractivity contribution in [3.63, 3.8) is 0 Å². The van der Waals surface area contributed by atoms with Crippen LogP contribution >= 0.6 is 11.6 Å². The summed E-state index contributed by atoms with van der Waals surface area (Å²) in [6, 6.07) is 9.99. The van der Waals surface area contributed by atoms with Gasteiger partial charge >= 0.3 is 6.09 Å². The minimum Gasteiger partial charge on any atom is -0.449 e. The van der Waals surface area contributed by atoms with Gasteiger partial charge in [0, 0.05) is 19.2 Å². The molecule has 12 heteroatoms. The number of aryl methyl sites for hydroxylation is 1. The van der Waals surface area contributed by atoms with Gasteiger partial charge in [0.25, 0.3) is 5.89 Å². The Labute approximate surface area is 204 Å². The van der Waals surface area contributed by atoms with Gasteiger partial charge in [0.1, 0.15) is 10.8 Å². The van der Waals surface area contributed by atoms with Crippen LogP contribution in [0, 0.1) is 12.7 Å². The van der Waals surface area contributed by atoms with Crippen molar-refractivity contribution < 1.29 is 18.4 Å². The van der Waals surface area contributed by atoms with E-state index in [2.05, 4.69) is 30.7 Å². The number of anilines is 5. The van der Waals surface area contributed by atoms with Gasteiger partial charge in [-0.2, -0.15) is 9.97 Å². The van der Waals surface area contributed by atoms with Crippen molar-refractivity contribution in [2.24, 2.45) is 0 Å². The summed E-state index contributed by atoms with van der Waals surface area (Å²) in [7, 11) is 1.66. The van der Waals surface area contributed by atoms with E-state index in [1.54, 1.807) is 26.1 Å². The van der Waals surface area contributed by atoms with E-state index in [0.29, 0.717) is 23.5 Å². The number of hydrogen-bond acceptors (Lipinski definition) is 9. The van der Waals surface area contributed by atoms with Gasteiger partial charge in [-0.3, -0.25) is 4.90 Å². The standard InChI is InChI=1S/C23H19ClFN7O3/c1-12-27-21(35-31-12)15-4-3-5-17(25)19(15)29-20-16(24)11-26-22(30-20)28-14-6-7-18-13(10-14)8-9-34-23(33)32(18)2/h3-7,10-11H,8-9H2,1-2H3,(H2,26,28,29,30). The molecule has 1 amide bonds. The number of aromatic nitrogens is 4. The summed E-state index contributed by atoms with van der Waals surface area (Å²) in [6.45, 7) is 1.96. The zero-order valence-corrected chi connectivity index (χ0v) is 19.4. The highest BCUT2D eigenvalue weighted by Crippen LogP contribution is 2.34. The largest absolute Gasteiger partial charge is 0.449 e. The lowest BCUT2D eigenvalue weighted by Gasteiger charge is -2.17. The third-order valence-corrected chi connectivity index (χ3v) is 5.60. The minimum atomic E-state index is -0.547. The number of halogens is 2. The Kier molecular flexibility index (Phi) is 5.91. The van der Waals surface area contributed by atoms with Gasteiger partial charge in [-0.1, -0.05) is 22.8 Å². The number of amides is 1. The molecule has 0 spiro atoms. The molecule has 4 aromatic rings. The molecule has 0 bridgehead atoms. The second-order valence-corrected chi connectivity index (χ2v) is 8.12. The van der Waals surface area contributed by atoms with Crippen LogP contribution < -0.4 is 15.5 Å². The Hall–Kier alpha value is -4.25. The molecule has 1 aliphatic heterocycles. The summed E-state index contributed by atoms with van der Waals surface area (Å²) in [5, 5.41) is 10.00. The number of ether oxygens (including phenoxy) is 1. The molecule has 1 aliphatic rings. The van der Waals surface area contributed by atoms with Gasteiger partial charge in [0.15, 0.2) is 11.6 Å². The van der Waals surface area contributed by atoms with Crippen LogP contribution in [0.1, 0.15) is 11.4 Å². The molecule has 3 heterocycles. The average molecular weight is 496 g/mol. The summed E-state index contributed by atoms with van der Waals surface area (Å²) >= 11 is 6.31. The van der Waals surface area contributed by atoms with Gasteiger partial charge in [0.05, 0.1) is 29.7 Å². The molecule has 2 aromatic heterocycles. The lowest BCUT2D eigenvalue weighted by atomic mass is 10.1. The summed E-state index contributed by atoms with van der Waals surface area (Å²) in [4.78, 5) is 26.2. The molecule has 0 saturated carbocycles. The monoisotopic (exact) mass is 495 g/mol. The zero-order valence-electron chi connectivity index (χ0n) is 18.7. The molecule has 0 aliphatic carbocycles. The first-order chi connectivity index (χ1) is 16.9. The van der Waals surface area contributed by atoms with E-state index < -0.39 is 11.9 Å². The van der Waals surface area contributed by atoms with E-state index >= 15 is 0 Å². The molecular weight excluding hydrogens is 477 g/mol.